The Morgan fingerprint density at radius 2 is 2.12 bits per heavy atom. The molecule has 0 aliphatic carbocycles. The molecule has 94 valence electrons. The van der Waals surface area contributed by atoms with Gasteiger partial charge >= 0.3 is 5.97 Å². The Labute approximate surface area is 99.8 Å². The van der Waals surface area contributed by atoms with Crippen molar-refractivity contribution >= 4 is 21.7 Å². The van der Waals surface area contributed by atoms with Crippen LogP contribution in [0, 0.1) is 6.92 Å². The Morgan fingerprint density at radius 3 is 2.71 bits per heavy atom. The second-order valence-corrected chi connectivity index (χ2v) is 5.16. The van der Waals surface area contributed by atoms with Crippen molar-refractivity contribution in [2.45, 2.75) is 11.8 Å². The number of rotatable bonds is 4. The molecule has 0 saturated heterocycles. The summed E-state index contributed by atoms with van der Waals surface area (Å²) in [5.74, 6) is -0.657. The highest BCUT2D eigenvalue weighted by Crippen LogP contribution is 2.17. The van der Waals surface area contributed by atoms with E-state index in [-0.39, 0.29) is 4.90 Å². The van der Waals surface area contributed by atoms with Crippen LogP contribution in [0.5, 0.6) is 0 Å². The van der Waals surface area contributed by atoms with Crippen molar-refractivity contribution < 1.29 is 17.9 Å². The Balaban J connectivity index is 2.97. The van der Waals surface area contributed by atoms with Gasteiger partial charge in [-0.05, 0) is 24.6 Å². The lowest BCUT2D eigenvalue weighted by molar-refractivity contribution is -0.139. The topological polar surface area (TPSA) is 98.5 Å². The van der Waals surface area contributed by atoms with Gasteiger partial charge in [0.05, 0.1) is 12.0 Å². The van der Waals surface area contributed by atoms with E-state index in [1.807, 2.05) is 0 Å². The summed E-state index contributed by atoms with van der Waals surface area (Å²) >= 11 is 0. The molecule has 0 bridgehead atoms. The summed E-state index contributed by atoms with van der Waals surface area (Å²) in [6.45, 7) is 1.24. The van der Waals surface area contributed by atoms with Crippen molar-refractivity contribution in [2.24, 2.45) is 0 Å². The third-order valence-corrected chi connectivity index (χ3v) is 3.68. The molecule has 0 spiro atoms. The highest BCUT2D eigenvalue weighted by molar-refractivity contribution is 7.89. The maximum Gasteiger partial charge on any atom is 0.320 e. The monoisotopic (exact) mass is 258 g/mol. The molecule has 6 nitrogen and oxygen atoms in total. The predicted octanol–water partition coefficient (Wildman–Crippen LogP) is 0.0285. The lowest BCUT2D eigenvalue weighted by Gasteiger charge is -2.09. The van der Waals surface area contributed by atoms with Gasteiger partial charge < -0.3 is 10.5 Å². The Bertz CT molecular complexity index is 525. The van der Waals surface area contributed by atoms with Gasteiger partial charge in [0.25, 0.3) is 0 Å². The molecule has 1 aromatic rings. The molecule has 0 aromatic heterocycles. The number of methoxy groups -OCH3 is 1. The first-order valence-corrected chi connectivity index (χ1v) is 6.28. The van der Waals surface area contributed by atoms with Crippen molar-refractivity contribution in [1.29, 1.82) is 0 Å². The molecular formula is C10H14N2O4S. The minimum absolute atomic E-state index is 0.0569. The van der Waals surface area contributed by atoms with Gasteiger partial charge in [0.15, 0.2) is 0 Å². The quantitative estimate of drug-likeness (QED) is 0.586. The molecule has 0 heterocycles. The number of sulfonamides is 1. The van der Waals surface area contributed by atoms with Crippen molar-refractivity contribution in [3.05, 3.63) is 23.8 Å². The van der Waals surface area contributed by atoms with E-state index in [0.717, 1.165) is 0 Å². The molecule has 0 aliphatic heterocycles. The fraction of sp³-hybridized carbons (Fsp3) is 0.300. The summed E-state index contributed by atoms with van der Waals surface area (Å²) < 4.78 is 30.2. The van der Waals surface area contributed by atoms with Crippen LogP contribution in [0.4, 0.5) is 5.69 Å². The van der Waals surface area contributed by atoms with E-state index in [0.29, 0.717) is 11.3 Å². The number of nitrogen functional groups attached to an aromatic ring is 1. The van der Waals surface area contributed by atoms with Gasteiger partial charge in [-0.1, -0.05) is 6.07 Å². The van der Waals surface area contributed by atoms with E-state index in [4.69, 9.17) is 5.73 Å². The molecule has 1 aromatic carbocycles. The molecule has 0 unspecified atom stereocenters. The van der Waals surface area contributed by atoms with Crippen LogP contribution in [-0.4, -0.2) is 28.0 Å². The molecule has 0 amide bonds. The van der Waals surface area contributed by atoms with E-state index < -0.39 is 22.5 Å². The van der Waals surface area contributed by atoms with Crippen LogP contribution in [0.2, 0.25) is 0 Å². The van der Waals surface area contributed by atoms with Gasteiger partial charge in [0.2, 0.25) is 10.0 Å². The van der Waals surface area contributed by atoms with Crippen molar-refractivity contribution in [3.8, 4) is 0 Å². The number of hydrogen-bond acceptors (Lipinski definition) is 5. The number of esters is 1. The van der Waals surface area contributed by atoms with Crippen molar-refractivity contribution in [1.82, 2.24) is 4.72 Å². The van der Waals surface area contributed by atoms with Crippen LogP contribution in [0.25, 0.3) is 0 Å². The fourth-order valence-electron chi connectivity index (χ4n) is 1.21. The number of aryl methyl sites for hydroxylation is 1. The minimum Gasteiger partial charge on any atom is -0.468 e. The van der Waals surface area contributed by atoms with E-state index in [2.05, 4.69) is 9.46 Å². The van der Waals surface area contributed by atoms with E-state index in [9.17, 15) is 13.2 Å². The van der Waals surface area contributed by atoms with E-state index in [1.54, 1.807) is 19.1 Å². The molecule has 3 N–H and O–H groups in total. The maximum absolute atomic E-state index is 11.9. The first-order chi connectivity index (χ1) is 7.86. The van der Waals surface area contributed by atoms with Crippen LogP contribution < -0.4 is 10.5 Å². The average Bonchev–Trinajstić information content (AvgIpc) is 2.29. The largest absolute Gasteiger partial charge is 0.468 e. The summed E-state index contributed by atoms with van der Waals surface area (Å²) in [7, 11) is -2.57. The van der Waals surface area contributed by atoms with Gasteiger partial charge in [0, 0.05) is 5.69 Å². The summed E-state index contributed by atoms with van der Waals surface area (Å²) in [5, 5.41) is 0. The number of carbonyl (C=O) groups excluding carboxylic acids is 1. The second-order valence-electron chi connectivity index (χ2n) is 3.43. The van der Waals surface area contributed by atoms with E-state index >= 15 is 0 Å². The van der Waals surface area contributed by atoms with Crippen molar-refractivity contribution in [3.63, 3.8) is 0 Å². The first kappa shape index (κ1) is 13.5. The highest BCUT2D eigenvalue weighted by Gasteiger charge is 2.18. The Morgan fingerprint density at radius 1 is 1.47 bits per heavy atom. The number of ether oxygens (including phenoxy) is 1. The molecule has 0 atom stereocenters. The molecule has 7 heteroatoms. The minimum atomic E-state index is -3.75. The third-order valence-electron chi connectivity index (χ3n) is 2.14. The van der Waals surface area contributed by atoms with Gasteiger partial charge in [0.1, 0.15) is 6.54 Å². The van der Waals surface area contributed by atoms with Crippen molar-refractivity contribution in [2.75, 3.05) is 19.4 Å². The summed E-state index contributed by atoms with van der Waals surface area (Å²) in [6, 6.07) is 4.55. The zero-order chi connectivity index (χ0) is 13.1. The Hall–Kier alpha value is -1.60. The highest BCUT2D eigenvalue weighted by atomic mass is 32.2. The zero-order valence-electron chi connectivity index (χ0n) is 9.56. The number of nitrogens with two attached hydrogens (primary N) is 1. The molecule has 0 radical (unpaired) electrons. The molecule has 0 aliphatic rings. The zero-order valence-corrected chi connectivity index (χ0v) is 10.4. The molecule has 0 fully saturated rings. The van der Waals surface area contributed by atoms with Crippen LogP contribution in [0.1, 0.15) is 5.56 Å². The summed E-state index contributed by atoms with van der Waals surface area (Å²) in [6.07, 6.45) is 0. The average molecular weight is 258 g/mol. The molecular weight excluding hydrogens is 244 g/mol. The third kappa shape index (κ3) is 3.43. The predicted molar refractivity (Wildman–Crippen MR) is 62.8 cm³/mol. The van der Waals surface area contributed by atoms with Gasteiger partial charge in [-0.15, -0.1) is 0 Å². The summed E-state index contributed by atoms with van der Waals surface area (Å²) in [4.78, 5) is 10.9. The summed E-state index contributed by atoms with van der Waals surface area (Å²) in [5.41, 5.74) is 6.42. The number of anilines is 1. The number of hydrogen-bond donors (Lipinski definition) is 2. The van der Waals surface area contributed by atoms with Crippen LogP contribution >= 0.6 is 0 Å². The van der Waals surface area contributed by atoms with Crippen LogP contribution in [0.3, 0.4) is 0 Å². The van der Waals surface area contributed by atoms with E-state index in [1.165, 1.54) is 13.2 Å². The molecule has 0 saturated carbocycles. The molecule has 1 rings (SSSR count). The lowest BCUT2D eigenvalue weighted by Crippen LogP contribution is -2.30. The normalized spacial score (nSPS) is 11.2. The van der Waals surface area contributed by atoms with Gasteiger partial charge in [-0.3, -0.25) is 4.79 Å². The van der Waals surface area contributed by atoms with Gasteiger partial charge in [-0.2, -0.15) is 4.72 Å². The number of carbonyl (C=O) groups is 1. The SMILES string of the molecule is COC(=O)CNS(=O)(=O)c1cc(N)ccc1C. The van der Waals surface area contributed by atoms with Crippen LogP contribution in [0.15, 0.2) is 23.1 Å². The smallest absolute Gasteiger partial charge is 0.320 e. The lowest BCUT2D eigenvalue weighted by atomic mass is 10.2. The molecule has 17 heavy (non-hydrogen) atoms. The standard InChI is InChI=1S/C10H14N2O4S/c1-7-3-4-8(11)5-9(7)17(14,15)12-6-10(13)16-2/h3-5,12H,6,11H2,1-2H3. The fourth-order valence-corrected chi connectivity index (χ4v) is 2.46. The first-order valence-electron chi connectivity index (χ1n) is 4.79. The maximum atomic E-state index is 11.9. The Kier molecular flexibility index (Phi) is 4.08. The number of benzene rings is 1. The van der Waals surface area contributed by atoms with Gasteiger partial charge in [-0.25, -0.2) is 8.42 Å². The number of nitrogens with one attached hydrogen (secondary N) is 1. The van der Waals surface area contributed by atoms with Crippen LogP contribution in [-0.2, 0) is 19.6 Å². The second kappa shape index (κ2) is 5.15.